The molecule has 0 unspecified atom stereocenters. The Bertz CT molecular complexity index is 473. The molecular weight excluding hydrogens is 200 g/mol. The summed E-state index contributed by atoms with van der Waals surface area (Å²) in [5.41, 5.74) is 2.09. The molecule has 4 heteroatoms. The largest absolute Gasteiger partial charge is 0.382 e. The molecule has 0 aliphatic rings. The van der Waals surface area contributed by atoms with E-state index in [0.29, 0.717) is 6.04 Å². The summed E-state index contributed by atoms with van der Waals surface area (Å²) in [5.74, 6) is 1.57. The van der Waals surface area contributed by atoms with Crippen LogP contribution >= 0.6 is 0 Å². The number of anilines is 1. The SMILES string of the molecule is Cc1nc(-c2ccccc2NC(C)C)n[nH]1. The van der Waals surface area contributed by atoms with Crippen molar-refractivity contribution in [2.75, 3.05) is 5.32 Å². The molecule has 0 saturated carbocycles. The van der Waals surface area contributed by atoms with Crippen molar-refractivity contribution in [3.63, 3.8) is 0 Å². The summed E-state index contributed by atoms with van der Waals surface area (Å²) in [5, 5.41) is 10.4. The van der Waals surface area contributed by atoms with Gasteiger partial charge >= 0.3 is 0 Å². The van der Waals surface area contributed by atoms with Crippen LogP contribution in [0.2, 0.25) is 0 Å². The molecule has 0 bridgehead atoms. The Kier molecular flexibility index (Phi) is 2.90. The molecule has 16 heavy (non-hydrogen) atoms. The van der Waals surface area contributed by atoms with E-state index in [1.807, 2.05) is 31.2 Å². The minimum Gasteiger partial charge on any atom is -0.382 e. The first-order valence-electron chi connectivity index (χ1n) is 5.42. The van der Waals surface area contributed by atoms with E-state index in [1.54, 1.807) is 0 Å². The van der Waals surface area contributed by atoms with Crippen molar-refractivity contribution < 1.29 is 0 Å². The van der Waals surface area contributed by atoms with Crippen LogP contribution in [0.4, 0.5) is 5.69 Å². The Balaban J connectivity index is 2.40. The first-order chi connectivity index (χ1) is 7.66. The molecule has 2 N–H and O–H groups in total. The topological polar surface area (TPSA) is 53.6 Å². The second-order valence-corrected chi connectivity index (χ2v) is 4.09. The molecule has 0 atom stereocenters. The number of aromatic nitrogens is 3. The summed E-state index contributed by atoms with van der Waals surface area (Å²) in [4.78, 5) is 4.34. The van der Waals surface area contributed by atoms with E-state index in [9.17, 15) is 0 Å². The second-order valence-electron chi connectivity index (χ2n) is 4.09. The standard InChI is InChI=1S/C12H16N4/c1-8(2)13-11-7-5-4-6-10(11)12-14-9(3)15-16-12/h4-8,13H,1-3H3,(H,14,15,16). The van der Waals surface area contributed by atoms with Crippen molar-refractivity contribution in [3.05, 3.63) is 30.1 Å². The van der Waals surface area contributed by atoms with Crippen LogP contribution < -0.4 is 5.32 Å². The summed E-state index contributed by atoms with van der Waals surface area (Å²) >= 11 is 0. The van der Waals surface area contributed by atoms with Gasteiger partial charge in [-0.3, -0.25) is 5.10 Å². The quantitative estimate of drug-likeness (QED) is 0.829. The second kappa shape index (κ2) is 4.35. The first kappa shape index (κ1) is 10.7. The number of hydrogen-bond acceptors (Lipinski definition) is 3. The Morgan fingerprint density at radius 1 is 1.25 bits per heavy atom. The van der Waals surface area contributed by atoms with E-state index in [0.717, 1.165) is 22.9 Å². The number of aryl methyl sites for hydroxylation is 1. The van der Waals surface area contributed by atoms with Gasteiger partial charge in [0, 0.05) is 17.3 Å². The van der Waals surface area contributed by atoms with Gasteiger partial charge in [-0.05, 0) is 32.9 Å². The van der Waals surface area contributed by atoms with Crippen LogP contribution in [0.5, 0.6) is 0 Å². The Labute approximate surface area is 95.1 Å². The predicted molar refractivity (Wildman–Crippen MR) is 65.3 cm³/mol. The number of para-hydroxylation sites is 1. The first-order valence-corrected chi connectivity index (χ1v) is 5.42. The molecular formula is C12H16N4. The number of rotatable bonds is 3. The molecule has 0 spiro atoms. The van der Waals surface area contributed by atoms with Gasteiger partial charge in [-0.2, -0.15) is 5.10 Å². The molecule has 1 heterocycles. The molecule has 2 aromatic rings. The minimum absolute atomic E-state index is 0.390. The van der Waals surface area contributed by atoms with E-state index >= 15 is 0 Å². The van der Waals surface area contributed by atoms with Crippen LogP contribution in [0.25, 0.3) is 11.4 Å². The lowest BCUT2D eigenvalue weighted by Gasteiger charge is -2.12. The summed E-state index contributed by atoms with van der Waals surface area (Å²) < 4.78 is 0. The van der Waals surface area contributed by atoms with Crippen molar-refractivity contribution in [1.82, 2.24) is 15.2 Å². The maximum absolute atomic E-state index is 4.34. The fourth-order valence-corrected chi connectivity index (χ4v) is 1.58. The highest BCUT2D eigenvalue weighted by Crippen LogP contribution is 2.25. The summed E-state index contributed by atoms with van der Waals surface area (Å²) in [6.07, 6.45) is 0. The van der Waals surface area contributed by atoms with Crippen LogP contribution in [-0.4, -0.2) is 21.2 Å². The molecule has 1 aromatic heterocycles. The molecule has 4 nitrogen and oxygen atoms in total. The average molecular weight is 216 g/mol. The van der Waals surface area contributed by atoms with Crippen molar-refractivity contribution in [3.8, 4) is 11.4 Å². The molecule has 0 radical (unpaired) electrons. The zero-order valence-corrected chi connectivity index (χ0v) is 9.78. The normalized spacial score (nSPS) is 10.8. The van der Waals surface area contributed by atoms with Gasteiger partial charge in [-0.25, -0.2) is 4.98 Å². The molecule has 0 aliphatic carbocycles. The number of nitrogens with one attached hydrogen (secondary N) is 2. The van der Waals surface area contributed by atoms with Gasteiger partial charge in [-0.1, -0.05) is 12.1 Å². The molecule has 1 aromatic carbocycles. The lowest BCUT2D eigenvalue weighted by atomic mass is 10.1. The molecule has 0 amide bonds. The van der Waals surface area contributed by atoms with Crippen molar-refractivity contribution in [2.24, 2.45) is 0 Å². The fraction of sp³-hybridized carbons (Fsp3) is 0.333. The van der Waals surface area contributed by atoms with Crippen molar-refractivity contribution in [1.29, 1.82) is 0 Å². The van der Waals surface area contributed by atoms with Gasteiger partial charge in [0.25, 0.3) is 0 Å². The summed E-state index contributed by atoms with van der Waals surface area (Å²) in [6.45, 7) is 6.12. The van der Waals surface area contributed by atoms with Gasteiger partial charge < -0.3 is 5.32 Å². The van der Waals surface area contributed by atoms with E-state index in [1.165, 1.54) is 0 Å². The third-order valence-corrected chi connectivity index (χ3v) is 2.21. The van der Waals surface area contributed by atoms with Crippen LogP contribution in [-0.2, 0) is 0 Å². The highest BCUT2D eigenvalue weighted by molar-refractivity contribution is 5.73. The number of aromatic amines is 1. The highest BCUT2D eigenvalue weighted by Gasteiger charge is 2.09. The number of nitrogens with zero attached hydrogens (tertiary/aromatic N) is 2. The summed E-state index contributed by atoms with van der Waals surface area (Å²) in [6, 6.07) is 8.45. The number of benzene rings is 1. The van der Waals surface area contributed by atoms with E-state index in [2.05, 4.69) is 34.3 Å². The monoisotopic (exact) mass is 216 g/mol. The van der Waals surface area contributed by atoms with Gasteiger partial charge in [0.1, 0.15) is 5.82 Å². The lowest BCUT2D eigenvalue weighted by molar-refractivity contribution is 0.899. The lowest BCUT2D eigenvalue weighted by Crippen LogP contribution is -2.10. The van der Waals surface area contributed by atoms with Crippen LogP contribution in [0.15, 0.2) is 24.3 Å². The zero-order chi connectivity index (χ0) is 11.5. The highest BCUT2D eigenvalue weighted by atomic mass is 15.2. The van der Waals surface area contributed by atoms with Gasteiger partial charge in [0.05, 0.1) is 0 Å². The maximum atomic E-state index is 4.34. The zero-order valence-electron chi connectivity index (χ0n) is 9.78. The Morgan fingerprint density at radius 2 is 2.00 bits per heavy atom. The molecule has 0 saturated heterocycles. The van der Waals surface area contributed by atoms with Gasteiger partial charge in [0.15, 0.2) is 5.82 Å². The average Bonchev–Trinajstić information content (AvgIpc) is 2.65. The molecule has 84 valence electrons. The van der Waals surface area contributed by atoms with Crippen molar-refractivity contribution in [2.45, 2.75) is 26.8 Å². The fourth-order valence-electron chi connectivity index (χ4n) is 1.58. The predicted octanol–water partition coefficient (Wildman–Crippen LogP) is 2.60. The number of hydrogen-bond donors (Lipinski definition) is 2. The minimum atomic E-state index is 0.390. The molecule has 0 fully saturated rings. The third-order valence-electron chi connectivity index (χ3n) is 2.21. The smallest absolute Gasteiger partial charge is 0.183 e. The molecule has 0 aliphatic heterocycles. The Morgan fingerprint density at radius 3 is 2.62 bits per heavy atom. The third kappa shape index (κ3) is 2.21. The van der Waals surface area contributed by atoms with Crippen molar-refractivity contribution >= 4 is 5.69 Å². The van der Waals surface area contributed by atoms with Crippen LogP contribution in [0.3, 0.4) is 0 Å². The van der Waals surface area contributed by atoms with Gasteiger partial charge in [0.2, 0.25) is 0 Å². The summed E-state index contributed by atoms with van der Waals surface area (Å²) in [7, 11) is 0. The van der Waals surface area contributed by atoms with Crippen LogP contribution in [0.1, 0.15) is 19.7 Å². The molecule has 2 rings (SSSR count). The van der Waals surface area contributed by atoms with Crippen LogP contribution in [0, 0.1) is 6.92 Å². The number of H-pyrrole nitrogens is 1. The van der Waals surface area contributed by atoms with E-state index in [4.69, 9.17) is 0 Å². The van der Waals surface area contributed by atoms with E-state index < -0.39 is 0 Å². The van der Waals surface area contributed by atoms with E-state index in [-0.39, 0.29) is 0 Å². The Hall–Kier alpha value is -1.84. The van der Waals surface area contributed by atoms with Gasteiger partial charge in [-0.15, -0.1) is 0 Å². The maximum Gasteiger partial charge on any atom is 0.183 e.